The first-order valence-electron chi connectivity index (χ1n) is 9.21. The molecule has 0 radical (unpaired) electrons. The summed E-state index contributed by atoms with van der Waals surface area (Å²) in [6.07, 6.45) is -0.873. The number of ether oxygens (including phenoxy) is 2. The maximum Gasteiger partial charge on any atom is 0.414 e. The average molecular weight is 419 g/mol. The van der Waals surface area contributed by atoms with Gasteiger partial charge in [-0.05, 0) is 45.0 Å². The van der Waals surface area contributed by atoms with E-state index in [1.54, 1.807) is 24.3 Å². The third-order valence-electron chi connectivity index (χ3n) is 4.63. The van der Waals surface area contributed by atoms with Crippen LogP contribution < -0.4 is 15.0 Å². The highest BCUT2D eigenvalue weighted by molar-refractivity contribution is 6.27. The van der Waals surface area contributed by atoms with Crippen LogP contribution >= 0.6 is 11.6 Å². The number of aromatic nitrogens is 2. The van der Waals surface area contributed by atoms with Crippen molar-refractivity contribution in [3.63, 3.8) is 0 Å². The number of rotatable bonds is 7. The van der Waals surface area contributed by atoms with E-state index in [0.717, 1.165) is 22.8 Å². The standard InChI is InChI=1S/C20H23ClN4O4/c1-12-13(2)24-18(14(3)23-12)11-28-16-6-4-15(5-7-16)25-10-17(29-20(25)27)9-22-19(26)8-21/h4-7,17H,8-11H2,1-3H3,(H,22,26)/t17-/m0/s1. The van der Waals surface area contributed by atoms with E-state index in [-0.39, 0.29) is 18.3 Å². The summed E-state index contributed by atoms with van der Waals surface area (Å²) in [5.41, 5.74) is 4.12. The molecule has 1 aliphatic rings. The first-order chi connectivity index (χ1) is 13.9. The number of aryl methyl sites for hydroxylation is 3. The number of halogens is 1. The van der Waals surface area contributed by atoms with Gasteiger partial charge in [-0.2, -0.15) is 0 Å². The highest BCUT2D eigenvalue weighted by atomic mass is 35.5. The van der Waals surface area contributed by atoms with Crippen molar-refractivity contribution in [1.82, 2.24) is 15.3 Å². The number of nitrogens with zero attached hydrogens (tertiary/aromatic N) is 3. The lowest BCUT2D eigenvalue weighted by Crippen LogP contribution is -2.35. The van der Waals surface area contributed by atoms with E-state index in [9.17, 15) is 9.59 Å². The summed E-state index contributed by atoms with van der Waals surface area (Å²) in [5.74, 6) is 0.233. The first-order valence-corrected chi connectivity index (χ1v) is 9.75. The van der Waals surface area contributed by atoms with Crippen LogP contribution in [0.2, 0.25) is 0 Å². The Labute approximate surface area is 174 Å². The molecule has 0 spiro atoms. The Morgan fingerprint density at radius 1 is 1.21 bits per heavy atom. The first kappa shape index (κ1) is 20.9. The molecule has 1 N–H and O–H groups in total. The maximum absolute atomic E-state index is 12.1. The summed E-state index contributed by atoms with van der Waals surface area (Å²) in [6, 6.07) is 7.15. The van der Waals surface area contributed by atoms with Crippen molar-refractivity contribution in [2.24, 2.45) is 0 Å². The van der Waals surface area contributed by atoms with E-state index in [0.29, 0.717) is 24.6 Å². The Bertz CT molecular complexity index is 904. The Kier molecular flexibility index (Phi) is 6.53. The largest absolute Gasteiger partial charge is 0.487 e. The zero-order valence-corrected chi connectivity index (χ0v) is 17.3. The van der Waals surface area contributed by atoms with Crippen LogP contribution in [0.1, 0.15) is 22.8 Å². The third kappa shape index (κ3) is 5.14. The Morgan fingerprint density at radius 3 is 2.59 bits per heavy atom. The summed E-state index contributed by atoms with van der Waals surface area (Å²) >= 11 is 5.44. The van der Waals surface area contributed by atoms with Gasteiger partial charge < -0.3 is 14.8 Å². The highest BCUT2D eigenvalue weighted by Crippen LogP contribution is 2.24. The highest BCUT2D eigenvalue weighted by Gasteiger charge is 2.32. The van der Waals surface area contributed by atoms with Gasteiger partial charge in [0.25, 0.3) is 0 Å². The second kappa shape index (κ2) is 9.09. The summed E-state index contributed by atoms with van der Waals surface area (Å²) < 4.78 is 11.1. The molecule has 0 bridgehead atoms. The number of carbonyl (C=O) groups excluding carboxylic acids is 2. The third-order valence-corrected chi connectivity index (χ3v) is 4.87. The van der Waals surface area contributed by atoms with E-state index >= 15 is 0 Å². The molecule has 1 fully saturated rings. The molecular weight excluding hydrogens is 396 g/mol. The molecule has 1 atom stereocenters. The van der Waals surface area contributed by atoms with Crippen molar-refractivity contribution in [1.29, 1.82) is 0 Å². The van der Waals surface area contributed by atoms with Gasteiger partial charge in [0.15, 0.2) is 0 Å². The minimum absolute atomic E-state index is 0.126. The topological polar surface area (TPSA) is 93.6 Å². The molecule has 9 heteroatoms. The number of hydrogen-bond acceptors (Lipinski definition) is 6. The number of amides is 2. The molecular formula is C20H23ClN4O4. The van der Waals surface area contributed by atoms with Gasteiger partial charge in [-0.3, -0.25) is 19.7 Å². The Morgan fingerprint density at radius 2 is 1.90 bits per heavy atom. The molecule has 0 aliphatic carbocycles. The van der Waals surface area contributed by atoms with E-state index in [1.807, 2.05) is 20.8 Å². The Hall–Kier alpha value is -2.87. The molecule has 3 rings (SSSR count). The van der Waals surface area contributed by atoms with Gasteiger partial charge in [-0.25, -0.2) is 4.79 Å². The molecule has 0 saturated carbocycles. The number of benzene rings is 1. The van der Waals surface area contributed by atoms with E-state index < -0.39 is 12.2 Å². The lowest BCUT2D eigenvalue weighted by atomic mass is 10.2. The second-order valence-corrected chi connectivity index (χ2v) is 7.03. The molecule has 29 heavy (non-hydrogen) atoms. The van der Waals surface area contributed by atoms with Gasteiger partial charge in [0.1, 0.15) is 24.3 Å². The quantitative estimate of drug-likeness (QED) is 0.695. The van der Waals surface area contributed by atoms with Crippen molar-refractivity contribution in [2.45, 2.75) is 33.5 Å². The number of carbonyl (C=O) groups is 2. The van der Waals surface area contributed by atoms with Crippen LogP contribution in [0, 0.1) is 20.8 Å². The molecule has 2 aromatic rings. The molecule has 2 amide bonds. The van der Waals surface area contributed by atoms with E-state index in [2.05, 4.69) is 15.3 Å². The molecule has 1 aromatic carbocycles. The molecule has 1 saturated heterocycles. The smallest absolute Gasteiger partial charge is 0.414 e. The van der Waals surface area contributed by atoms with Gasteiger partial charge in [0.2, 0.25) is 5.91 Å². The Balaban J connectivity index is 1.58. The van der Waals surface area contributed by atoms with Crippen LogP contribution in [0.3, 0.4) is 0 Å². The van der Waals surface area contributed by atoms with Crippen molar-refractivity contribution in [2.75, 3.05) is 23.9 Å². The van der Waals surface area contributed by atoms with Crippen LogP contribution in [0.15, 0.2) is 24.3 Å². The lowest BCUT2D eigenvalue weighted by molar-refractivity contribution is -0.119. The number of anilines is 1. The summed E-state index contributed by atoms with van der Waals surface area (Å²) in [6.45, 7) is 6.64. The van der Waals surface area contributed by atoms with Gasteiger partial charge in [-0.1, -0.05) is 0 Å². The molecule has 0 unspecified atom stereocenters. The van der Waals surface area contributed by atoms with Gasteiger partial charge >= 0.3 is 6.09 Å². The second-order valence-electron chi connectivity index (χ2n) is 6.76. The van der Waals surface area contributed by atoms with Crippen molar-refractivity contribution in [3.05, 3.63) is 47.0 Å². The molecule has 2 heterocycles. The molecule has 1 aliphatic heterocycles. The molecule has 1 aromatic heterocycles. The fraction of sp³-hybridized carbons (Fsp3) is 0.400. The van der Waals surface area contributed by atoms with Crippen LogP contribution in [-0.4, -0.2) is 47.0 Å². The van der Waals surface area contributed by atoms with Gasteiger partial charge in [0.05, 0.1) is 35.9 Å². The van der Waals surface area contributed by atoms with Crippen LogP contribution in [0.5, 0.6) is 5.75 Å². The zero-order valence-electron chi connectivity index (χ0n) is 16.6. The lowest BCUT2D eigenvalue weighted by Gasteiger charge is -2.14. The number of nitrogens with one attached hydrogen (secondary N) is 1. The van der Waals surface area contributed by atoms with Gasteiger partial charge in [-0.15, -0.1) is 11.6 Å². The minimum Gasteiger partial charge on any atom is -0.487 e. The van der Waals surface area contributed by atoms with E-state index in [4.69, 9.17) is 21.1 Å². The van der Waals surface area contributed by atoms with Crippen molar-refractivity contribution >= 4 is 29.3 Å². The fourth-order valence-electron chi connectivity index (χ4n) is 2.89. The fourth-order valence-corrected chi connectivity index (χ4v) is 2.98. The van der Waals surface area contributed by atoms with E-state index in [1.165, 1.54) is 4.90 Å². The van der Waals surface area contributed by atoms with Crippen LogP contribution in [0.4, 0.5) is 10.5 Å². The zero-order chi connectivity index (χ0) is 21.0. The summed E-state index contributed by atoms with van der Waals surface area (Å²) in [7, 11) is 0. The molecule has 154 valence electrons. The van der Waals surface area contributed by atoms with Crippen LogP contribution in [0.25, 0.3) is 0 Å². The SMILES string of the molecule is Cc1nc(C)c(COc2ccc(N3C[C@H](CNC(=O)CCl)OC3=O)cc2)nc1C. The van der Waals surface area contributed by atoms with Crippen LogP contribution in [-0.2, 0) is 16.1 Å². The minimum atomic E-state index is -0.454. The number of alkyl halides is 1. The number of hydrogen-bond donors (Lipinski definition) is 1. The number of cyclic esters (lactones) is 1. The average Bonchev–Trinajstić information content (AvgIpc) is 3.09. The predicted molar refractivity (Wildman–Crippen MR) is 108 cm³/mol. The summed E-state index contributed by atoms with van der Waals surface area (Å²) in [5, 5.41) is 2.61. The van der Waals surface area contributed by atoms with Crippen molar-refractivity contribution in [3.8, 4) is 5.75 Å². The predicted octanol–water partition coefficient (Wildman–Crippen LogP) is 2.66. The van der Waals surface area contributed by atoms with Crippen molar-refractivity contribution < 1.29 is 19.1 Å². The summed E-state index contributed by atoms with van der Waals surface area (Å²) in [4.78, 5) is 33.9. The molecule has 8 nitrogen and oxygen atoms in total. The normalized spacial score (nSPS) is 15.9. The monoisotopic (exact) mass is 418 g/mol. The van der Waals surface area contributed by atoms with Gasteiger partial charge in [0, 0.05) is 5.69 Å². The maximum atomic E-state index is 12.1.